The first kappa shape index (κ1) is 27.7. The Balaban J connectivity index is 1.43. The number of carbonyl (C=O) groups is 3. The molecule has 2 amide bonds. The van der Waals surface area contributed by atoms with Crippen molar-refractivity contribution in [2.75, 3.05) is 13.2 Å². The average Bonchev–Trinajstić information content (AvgIpc) is 3.44. The molecule has 4 rings (SSSR count). The van der Waals surface area contributed by atoms with E-state index < -0.39 is 17.9 Å². The van der Waals surface area contributed by atoms with E-state index in [1.165, 1.54) is 29.3 Å². The number of aromatic hydroxyl groups is 1. The van der Waals surface area contributed by atoms with Gasteiger partial charge in [0, 0.05) is 23.1 Å². The molecule has 3 aromatic carbocycles. The molecule has 0 saturated carbocycles. The molecule has 0 spiro atoms. The number of rotatable bonds is 8. The third-order valence-electron chi connectivity index (χ3n) is 6.36. The van der Waals surface area contributed by atoms with Crippen LogP contribution in [0.3, 0.4) is 0 Å². The van der Waals surface area contributed by atoms with Gasteiger partial charge in [-0.3, -0.25) is 9.59 Å². The summed E-state index contributed by atoms with van der Waals surface area (Å²) in [5.41, 5.74) is 3.41. The average molecular weight is 550 g/mol. The van der Waals surface area contributed by atoms with Gasteiger partial charge in [-0.2, -0.15) is 5.10 Å². The van der Waals surface area contributed by atoms with Gasteiger partial charge in [0.05, 0.1) is 11.2 Å². The van der Waals surface area contributed by atoms with E-state index in [9.17, 15) is 19.5 Å². The van der Waals surface area contributed by atoms with Crippen LogP contribution in [0.2, 0.25) is 5.02 Å². The molecule has 3 aromatic rings. The Bertz CT molecular complexity index is 1470. The molecule has 0 radical (unpaired) electrons. The summed E-state index contributed by atoms with van der Waals surface area (Å²) < 4.78 is 11.2. The molecular weight excluding hydrogens is 522 g/mol. The number of allylic oxidation sites excluding steroid dienone is 2. The second-order valence-corrected chi connectivity index (χ2v) is 9.33. The van der Waals surface area contributed by atoms with Crippen LogP contribution < -0.4 is 10.2 Å². The number of hydrogen-bond acceptors (Lipinski definition) is 7. The van der Waals surface area contributed by atoms with Crippen LogP contribution in [0.15, 0.2) is 71.5 Å². The summed E-state index contributed by atoms with van der Waals surface area (Å²) in [6.07, 6.45) is 4.47. The molecule has 1 saturated heterocycles. The van der Waals surface area contributed by atoms with E-state index in [4.69, 9.17) is 21.1 Å². The highest BCUT2D eigenvalue weighted by Crippen LogP contribution is 2.29. The molecule has 1 aliphatic heterocycles. The lowest BCUT2D eigenvalue weighted by Gasteiger charge is -2.23. The molecule has 0 aliphatic carbocycles. The highest BCUT2D eigenvalue weighted by Gasteiger charge is 2.35. The van der Waals surface area contributed by atoms with E-state index in [2.05, 4.69) is 10.5 Å². The molecule has 9 nitrogen and oxygen atoms in total. The van der Waals surface area contributed by atoms with Gasteiger partial charge in [0.2, 0.25) is 0 Å². The van der Waals surface area contributed by atoms with E-state index in [1.807, 2.05) is 24.3 Å². The number of likely N-dealkylation sites (tertiary alicyclic amines) is 1. The fraction of sp³-hybridized carbons (Fsp3) is 0.241. The molecule has 1 fully saturated rings. The van der Waals surface area contributed by atoms with E-state index in [0.717, 1.165) is 16.3 Å². The highest BCUT2D eigenvalue weighted by molar-refractivity contribution is 6.32. The van der Waals surface area contributed by atoms with Crippen LogP contribution >= 0.6 is 11.6 Å². The molecular formula is C29H28ClN3O6. The number of nitrogens with one attached hydrogen (secondary N) is 1. The Labute approximate surface area is 230 Å². The van der Waals surface area contributed by atoms with Crippen molar-refractivity contribution in [3.63, 3.8) is 0 Å². The minimum Gasteiger partial charge on any atom is -0.506 e. The van der Waals surface area contributed by atoms with Crippen LogP contribution in [0.5, 0.6) is 11.5 Å². The Morgan fingerprint density at radius 2 is 1.92 bits per heavy atom. The largest absolute Gasteiger partial charge is 0.506 e. The number of hydrogen-bond donors (Lipinski definition) is 2. The van der Waals surface area contributed by atoms with Crippen LogP contribution in [-0.2, 0) is 14.3 Å². The maximum Gasteiger partial charge on any atom is 0.333 e. The first-order valence-corrected chi connectivity index (χ1v) is 12.8. The number of carbonyl (C=O) groups excluding carboxylic acids is 3. The number of hydrazone groups is 1. The van der Waals surface area contributed by atoms with Crippen LogP contribution in [0.4, 0.5) is 0 Å². The summed E-state index contributed by atoms with van der Waals surface area (Å²) in [4.78, 5) is 39.3. The van der Waals surface area contributed by atoms with Gasteiger partial charge < -0.3 is 19.5 Å². The minimum absolute atomic E-state index is 0.0654. The monoisotopic (exact) mass is 549 g/mol. The predicted octanol–water partition coefficient (Wildman–Crippen LogP) is 4.80. The molecule has 0 aromatic heterocycles. The van der Waals surface area contributed by atoms with Crippen molar-refractivity contribution >= 4 is 46.4 Å². The maximum absolute atomic E-state index is 12.9. The van der Waals surface area contributed by atoms with Crippen LogP contribution in [0.25, 0.3) is 10.8 Å². The van der Waals surface area contributed by atoms with E-state index >= 15 is 0 Å². The van der Waals surface area contributed by atoms with Crippen LogP contribution in [0, 0.1) is 0 Å². The van der Waals surface area contributed by atoms with Gasteiger partial charge in [0.25, 0.3) is 11.8 Å². The van der Waals surface area contributed by atoms with Gasteiger partial charge in [-0.25, -0.2) is 10.2 Å². The zero-order valence-electron chi connectivity index (χ0n) is 21.5. The van der Waals surface area contributed by atoms with Gasteiger partial charge >= 0.3 is 5.97 Å². The smallest absolute Gasteiger partial charge is 0.333 e. The van der Waals surface area contributed by atoms with Gasteiger partial charge in [-0.05, 0) is 68.5 Å². The molecule has 2 N–H and O–H groups in total. The molecule has 1 atom stereocenters. The number of amides is 2. The molecule has 0 bridgehead atoms. The molecule has 202 valence electrons. The standard InChI is InChI=1S/C29H28ClN3O6/c1-3-18(2)39-29(37)24-9-6-14-33(24)27(35)17-38-26-13-11-20(21-7-4-5-8-22(21)26)16-31-32-28(36)19-10-12-25(34)23(30)15-19/h3-5,7-8,10-13,15-16,24,34H,6,9,14,17H2,1-2H3,(H,32,36)/b18-3-,31-16+. The molecule has 1 heterocycles. The van der Waals surface area contributed by atoms with Crippen molar-refractivity contribution in [2.24, 2.45) is 5.10 Å². The Morgan fingerprint density at radius 3 is 2.67 bits per heavy atom. The second kappa shape index (κ2) is 12.4. The number of esters is 1. The summed E-state index contributed by atoms with van der Waals surface area (Å²) in [7, 11) is 0. The number of halogens is 1. The Kier molecular flexibility index (Phi) is 8.83. The molecule has 1 unspecified atom stereocenters. The fourth-order valence-electron chi connectivity index (χ4n) is 4.22. The zero-order valence-corrected chi connectivity index (χ0v) is 22.3. The summed E-state index contributed by atoms with van der Waals surface area (Å²) in [5.74, 6) is -0.335. The highest BCUT2D eigenvalue weighted by atomic mass is 35.5. The third-order valence-corrected chi connectivity index (χ3v) is 6.66. The van der Waals surface area contributed by atoms with Crippen LogP contribution in [0.1, 0.15) is 42.6 Å². The quantitative estimate of drug-likeness (QED) is 0.180. The summed E-state index contributed by atoms with van der Waals surface area (Å²) >= 11 is 5.87. The Morgan fingerprint density at radius 1 is 1.15 bits per heavy atom. The number of phenolic OH excluding ortho intramolecular Hbond substituents is 1. The van der Waals surface area contributed by atoms with Crippen molar-refractivity contribution in [3.05, 3.63) is 82.6 Å². The predicted molar refractivity (Wildman–Crippen MR) is 148 cm³/mol. The third kappa shape index (κ3) is 6.56. The molecule has 1 aliphatic rings. The van der Waals surface area contributed by atoms with Gasteiger partial charge in [-0.15, -0.1) is 0 Å². The normalized spacial score (nSPS) is 15.5. The number of phenols is 1. The van der Waals surface area contributed by atoms with Crippen molar-refractivity contribution in [2.45, 2.75) is 32.7 Å². The maximum atomic E-state index is 12.9. The van der Waals surface area contributed by atoms with Crippen molar-refractivity contribution in [1.29, 1.82) is 0 Å². The SMILES string of the molecule is C/C=C(/C)OC(=O)C1CCCN1C(=O)COc1ccc(/C=N/NC(=O)c2ccc(O)c(Cl)c2)c2ccccc12. The molecule has 10 heteroatoms. The summed E-state index contributed by atoms with van der Waals surface area (Å²) in [6.45, 7) is 3.71. The number of fused-ring (bicyclic) bond motifs is 1. The lowest BCUT2D eigenvalue weighted by molar-refractivity contribution is -0.150. The minimum atomic E-state index is -0.626. The van der Waals surface area contributed by atoms with Gasteiger partial charge in [-0.1, -0.05) is 35.9 Å². The topological polar surface area (TPSA) is 118 Å². The lowest BCUT2D eigenvalue weighted by atomic mass is 10.0. The van der Waals surface area contributed by atoms with Gasteiger partial charge in [0.1, 0.15) is 23.3 Å². The summed E-state index contributed by atoms with van der Waals surface area (Å²) in [5, 5.41) is 15.2. The van der Waals surface area contributed by atoms with Gasteiger partial charge in [0.15, 0.2) is 6.61 Å². The number of nitrogens with zero attached hydrogens (tertiary/aromatic N) is 2. The Hall–Kier alpha value is -4.37. The second-order valence-electron chi connectivity index (χ2n) is 8.92. The zero-order chi connectivity index (χ0) is 27.9. The number of benzene rings is 3. The van der Waals surface area contributed by atoms with E-state index in [0.29, 0.717) is 30.9 Å². The van der Waals surface area contributed by atoms with E-state index in [-0.39, 0.29) is 28.8 Å². The van der Waals surface area contributed by atoms with Crippen molar-refractivity contribution in [1.82, 2.24) is 10.3 Å². The van der Waals surface area contributed by atoms with E-state index in [1.54, 1.807) is 32.1 Å². The first-order valence-electron chi connectivity index (χ1n) is 12.4. The van der Waals surface area contributed by atoms with Crippen molar-refractivity contribution in [3.8, 4) is 11.5 Å². The fourth-order valence-corrected chi connectivity index (χ4v) is 4.41. The summed E-state index contributed by atoms with van der Waals surface area (Å²) in [6, 6.07) is 14.4. The van der Waals surface area contributed by atoms with Crippen molar-refractivity contribution < 1.29 is 29.0 Å². The lowest BCUT2D eigenvalue weighted by Crippen LogP contribution is -2.43. The van der Waals surface area contributed by atoms with Crippen LogP contribution in [-0.4, -0.2) is 53.2 Å². The first-order chi connectivity index (χ1) is 18.8. The molecule has 39 heavy (non-hydrogen) atoms. The number of ether oxygens (including phenoxy) is 2.